The van der Waals surface area contributed by atoms with E-state index in [1.807, 2.05) is 36.4 Å². The van der Waals surface area contributed by atoms with Crippen LogP contribution in [-0.2, 0) is 13.1 Å². The Hall–Kier alpha value is -3.93. The minimum absolute atomic E-state index is 0.109. The van der Waals surface area contributed by atoms with Gasteiger partial charge in [0.05, 0.1) is 5.52 Å². The summed E-state index contributed by atoms with van der Waals surface area (Å²) in [5.41, 5.74) is 4.69. The van der Waals surface area contributed by atoms with Crippen LogP contribution in [0.4, 0.5) is 4.39 Å². The van der Waals surface area contributed by atoms with Gasteiger partial charge in [-0.25, -0.2) is 9.37 Å². The molecule has 0 bridgehead atoms. The summed E-state index contributed by atoms with van der Waals surface area (Å²) in [4.78, 5) is 19.8. The van der Waals surface area contributed by atoms with E-state index >= 15 is 0 Å². The molecule has 0 saturated carbocycles. The average molecular weight is 412 g/mol. The molecule has 2 aliphatic rings. The van der Waals surface area contributed by atoms with Gasteiger partial charge in [0.2, 0.25) is 6.79 Å². The second kappa shape index (κ2) is 6.80. The molecule has 0 radical (unpaired) electrons. The summed E-state index contributed by atoms with van der Waals surface area (Å²) in [6.45, 7) is 1.09. The van der Waals surface area contributed by atoms with Crippen molar-refractivity contribution in [2.45, 2.75) is 13.1 Å². The average Bonchev–Trinajstić information content (AvgIpc) is 3.36. The number of fused-ring (bicyclic) bond motifs is 3. The van der Waals surface area contributed by atoms with Crippen molar-refractivity contribution in [3.63, 3.8) is 0 Å². The molecule has 0 fully saturated rings. The molecule has 0 saturated heterocycles. The number of pyridine rings is 1. The number of hydrogen-bond donors (Lipinski definition) is 0. The molecule has 0 atom stereocenters. The fourth-order valence-corrected chi connectivity index (χ4v) is 4.31. The highest BCUT2D eigenvalue weighted by Crippen LogP contribution is 2.43. The number of nitrogens with zero attached hydrogens (tertiary/aromatic N) is 2. The zero-order valence-electron chi connectivity index (χ0n) is 16.5. The lowest BCUT2D eigenvalue weighted by molar-refractivity contribution is 0.0762. The molecule has 0 unspecified atom stereocenters. The van der Waals surface area contributed by atoms with Crippen molar-refractivity contribution in [3.05, 3.63) is 89.4 Å². The first-order valence-corrected chi connectivity index (χ1v) is 10.0. The molecule has 0 spiro atoms. The molecule has 152 valence electrons. The minimum atomic E-state index is -0.307. The molecule has 31 heavy (non-hydrogen) atoms. The number of hydrogen-bond acceptors (Lipinski definition) is 4. The van der Waals surface area contributed by atoms with Gasteiger partial charge in [0, 0.05) is 30.1 Å². The first kappa shape index (κ1) is 17.9. The third kappa shape index (κ3) is 2.91. The Morgan fingerprint density at radius 3 is 2.48 bits per heavy atom. The van der Waals surface area contributed by atoms with Gasteiger partial charge in [-0.1, -0.05) is 42.5 Å². The monoisotopic (exact) mass is 412 g/mol. The van der Waals surface area contributed by atoms with Gasteiger partial charge in [-0.15, -0.1) is 0 Å². The molecule has 5 nitrogen and oxygen atoms in total. The Labute approximate surface area is 177 Å². The molecule has 4 aromatic rings. The fraction of sp³-hybridized carbons (Fsp3) is 0.120. The Kier molecular flexibility index (Phi) is 3.93. The summed E-state index contributed by atoms with van der Waals surface area (Å²) >= 11 is 0. The molecule has 0 aliphatic carbocycles. The summed E-state index contributed by atoms with van der Waals surface area (Å²) in [6, 6.07) is 19.9. The zero-order chi connectivity index (χ0) is 20.9. The van der Waals surface area contributed by atoms with Crippen molar-refractivity contribution in [2.24, 2.45) is 0 Å². The van der Waals surface area contributed by atoms with E-state index in [4.69, 9.17) is 14.5 Å². The normalized spacial score (nSPS) is 14.4. The maximum atomic E-state index is 13.6. The van der Waals surface area contributed by atoms with Crippen LogP contribution in [0.15, 0.2) is 66.7 Å². The third-order valence-corrected chi connectivity index (χ3v) is 5.77. The van der Waals surface area contributed by atoms with Gasteiger partial charge in [0.15, 0.2) is 11.5 Å². The van der Waals surface area contributed by atoms with Crippen LogP contribution in [-0.4, -0.2) is 22.6 Å². The quantitative estimate of drug-likeness (QED) is 0.479. The van der Waals surface area contributed by atoms with Crippen LogP contribution in [0.3, 0.4) is 0 Å². The van der Waals surface area contributed by atoms with Gasteiger partial charge < -0.3 is 14.4 Å². The Morgan fingerprint density at radius 2 is 1.71 bits per heavy atom. The standard InChI is InChI=1S/C25H17FN2O3/c26-17-8-6-16(7-9-17)23-18-10-21-22(31-14-30-21)11-20(18)27-24-19(23)13-28(25(24)29)12-15-4-2-1-3-5-15/h1-11H,12-14H2. The number of ether oxygens (including phenoxy) is 2. The van der Waals surface area contributed by atoms with Crippen LogP contribution < -0.4 is 9.47 Å². The summed E-state index contributed by atoms with van der Waals surface area (Å²) in [5, 5.41) is 0.851. The fourth-order valence-electron chi connectivity index (χ4n) is 4.31. The van der Waals surface area contributed by atoms with Gasteiger partial charge >= 0.3 is 0 Å². The summed E-state index contributed by atoms with van der Waals surface area (Å²) in [6.07, 6.45) is 0. The molecule has 3 aromatic carbocycles. The number of halogens is 1. The Bertz CT molecular complexity index is 1340. The van der Waals surface area contributed by atoms with Gasteiger partial charge in [-0.3, -0.25) is 4.79 Å². The largest absolute Gasteiger partial charge is 0.454 e. The van der Waals surface area contributed by atoms with E-state index in [0.29, 0.717) is 35.8 Å². The molecule has 6 heteroatoms. The van der Waals surface area contributed by atoms with Crippen LogP contribution in [0.1, 0.15) is 21.6 Å². The maximum Gasteiger partial charge on any atom is 0.273 e. The Balaban J connectivity index is 1.54. The SMILES string of the molecule is O=C1c2nc3cc4c(cc3c(-c3ccc(F)cc3)c2CN1Cc1ccccc1)OCO4. The van der Waals surface area contributed by atoms with Crippen molar-refractivity contribution in [1.82, 2.24) is 9.88 Å². The highest BCUT2D eigenvalue weighted by atomic mass is 19.1. The van der Waals surface area contributed by atoms with Crippen molar-refractivity contribution < 1.29 is 18.7 Å². The molecular formula is C25H17FN2O3. The second-order valence-corrected chi connectivity index (χ2v) is 7.69. The second-order valence-electron chi connectivity index (χ2n) is 7.69. The van der Waals surface area contributed by atoms with E-state index in [0.717, 1.165) is 27.6 Å². The number of carbonyl (C=O) groups excluding carboxylic acids is 1. The maximum absolute atomic E-state index is 13.6. The van der Waals surface area contributed by atoms with Gasteiger partial charge in [0.1, 0.15) is 11.5 Å². The predicted octanol–water partition coefficient (Wildman–Crippen LogP) is 4.93. The Morgan fingerprint density at radius 1 is 0.968 bits per heavy atom. The third-order valence-electron chi connectivity index (χ3n) is 5.77. The molecule has 1 amide bonds. The van der Waals surface area contributed by atoms with Crippen LogP contribution >= 0.6 is 0 Å². The molecule has 3 heterocycles. The van der Waals surface area contributed by atoms with Gasteiger partial charge in [0.25, 0.3) is 5.91 Å². The summed E-state index contributed by atoms with van der Waals surface area (Å²) in [7, 11) is 0. The lowest BCUT2D eigenvalue weighted by Gasteiger charge is -2.16. The van der Waals surface area contributed by atoms with Crippen LogP contribution in [0.25, 0.3) is 22.0 Å². The van der Waals surface area contributed by atoms with Crippen molar-refractivity contribution in [1.29, 1.82) is 0 Å². The van der Waals surface area contributed by atoms with Gasteiger partial charge in [-0.2, -0.15) is 0 Å². The van der Waals surface area contributed by atoms with Crippen LogP contribution in [0.5, 0.6) is 11.5 Å². The molecule has 2 aliphatic heterocycles. The lowest BCUT2D eigenvalue weighted by atomic mass is 9.94. The lowest BCUT2D eigenvalue weighted by Crippen LogP contribution is -2.23. The molecule has 6 rings (SSSR count). The van der Waals surface area contributed by atoms with Crippen molar-refractivity contribution >= 4 is 16.8 Å². The van der Waals surface area contributed by atoms with Crippen molar-refractivity contribution in [3.8, 4) is 22.6 Å². The van der Waals surface area contributed by atoms with E-state index in [1.54, 1.807) is 23.1 Å². The van der Waals surface area contributed by atoms with Gasteiger partial charge in [-0.05, 0) is 34.9 Å². The molecular weight excluding hydrogens is 395 g/mol. The van der Waals surface area contributed by atoms with E-state index in [1.165, 1.54) is 12.1 Å². The predicted molar refractivity (Wildman–Crippen MR) is 113 cm³/mol. The number of benzene rings is 3. The van der Waals surface area contributed by atoms with E-state index in [2.05, 4.69) is 0 Å². The number of rotatable bonds is 3. The highest BCUT2D eigenvalue weighted by molar-refractivity contribution is 6.06. The smallest absolute Gasteiger partial charge is 0.273 e. The van der Waals surface area contributed by atoms with Crippen molar-refractivity contribution in [2.75, 3.05) is 6.79 Å². The molecule has 1 aromatic heterocycles. The summed E-state index contributed by atoms with van der Waals surface area (Å²) < 4.78 is 24.7. The number of carbonyl (C=O) groups is 1. The number of amides is 1. The van der Waals surface area contributed by atoms with Crippen LogP contribution in [0, 0.1) is 5.82 Å². The van der Waals surface area contributed by atoms with E-state index < -0.39 is 0 Å². The van der Waals surface area contributed by atoms with Crippen LogP contribution in [0.2, 0.25) is 0 Å². The highest BCUT2D eigenvalue weighted by Gasteiger charge is 2.33. The van der Waals surface area contributed by atoms with E-state index in [-0.39, 0.29) is 18.5 Å². The topological polar surface area (TPSA) is 51.7 Å². The van der Waals surface area contributed by atoms with E-state index in [9.17, 15) is 9.18 Å². The first-order valence-electron chi connectivity index (χ1n) is 10.0. The first-order chi connectivity index (χ1) is 15.2. The molecule has 0 N–H and O–H groups in total. The minimum Gasteiger partial charge on any atom is -0.454 e. The zero-order valence-corrected chi connectivity index (χ0v) is 16.5. The number of aromatic nitrogens is 1. The summed E-state index contributed by atoms with van der Waals surface area (Å²) in [5.74, 6) is 0.833.